The summed E-state index contributed by atoms with van der Waals surface area (Å²) in [5.41, 5.74) is 2.24. The highest BCUT2D eigenvalue weighted by atomic mass is 16.5. The number of aryl methyl sites for hydroxylation is 1. The van der Waals surface area contributed by atoms with E-state index in [9.17, 15) is 14.4 Å². The summed E-state index contributed by atoms with van der Waals surface area (Å²) >= 11 is 0. The van der Waals surface area contributed by atoms with Gasteiger partial charge < -0.3 is 14.3 Å². The van der Waals surface area contributed by atoms with Crippen molar-refractivity contribution in [1.82, 2.24) is 0 Å². The summed E-state index contributed by atoms with van der Waals surface area (Å²) in [6.45, 7) is 1.82. The molecule has 0 fully saturated rings. The van der Waals surface area contributed by atoms with Crippen molar-refractivity contribution in [2.75, 3.05) is 0 Å². The van der Waals surface area contributed by atoms with E-state index in [1.54, 1.807) is 24.3 Å². The molecule has 0 spiro atoms. The summed E-state index contributed by atoms with van der Waals surface area (Å²) in [6.07, 6.45) is 0.0795. The van der Waals surface area contributed by atoms with Crippen LogP contribution in [0, 0.1) is 6.92 Å². The van der Waals surface area contributed by atoms with Gasteiger partial charge in [-0.2, -0.15) is 0 Å². The molecule has 0 unspecified atom stereocenters. The van der Waals surface area contributed by atoms with Crippen molar-refractivity contribution in [3.05, 3.63) is 75.1 Å². The number of carboxylic acid groups (broad SMARTS) is 1. The molecule has 0 saturated carbocycles. The Morgan fingerprint density at radius 1 is 1.12 bits per heavy atom. The summed E-state index contributed by atoms with van der Waals surface area (Å²) in [5, 5.41) is 9.84. The highest BCUT2D eigenvalue weighted by Gasteiger charge is 2.32. The first kappa shape index (κ1) is 16.1. The number of aromatic carboxylic acids is 1. The van der Waals surface area contributed by atoms with Gasteiger partial charge in [-0.15, -0.1) is 0 Å². The van der Waals surface area contributed by atoms with Crippen molar-refractivity contribution >= 4 is 22.9 Å². The lowest BCUT2D eigenvalue weighted by molar-refractivity contribution is -0.135. The quantitative estimate of drug-likeness (QED) is 0.433. The molecule has 0 saturated heterocycles. The van der Waals surface area contributed by atoms with Crippen LogP contribution in [0.25, 0.3) is 11.0 Å². The number of benzene rings is 2. The average molecular weight is 350 g/mol. The Morgan fingerprint density at radius 3 is 2.54 bits per heavy atom. The molecule has 1 aliphatic rings. The smallest absolute Gasteiger partial charge is 0.336 e. The lowest BCUT2D eigenvalue weighted by Crippen LogP contribution is -2.21. The Morgan fingerprint density at radius 2 is 1.85 bits per heavy atom. The highest BCUT2D eigenvalue weighted by molar-refractivity contribution is 5.90. The Bertz CT molecular complexity index is 1110. The van der Waals surface area contributed by atoms with Crippen molar-refractivity contribution in [3.63, 3.8) is 0 Å². The number of hydrogen-bond donors (Lipinski definition) is 1. The Hall–Kier alpha value is -3.41. The zero-order valence-corrected chi connectivity index (χ0v) is 13.8. The van der Waals surface area contributed by atoms with Crippen LogP contribution in [0.1, 0.15) is 39.4 Å². The molecule has 1 aliphatic heterocycles. The van der Waals surface area contributed by atoms with E-state index in [1.165, 1.54) is 18.2 Å². The predicted octanol–water partition coefficient (Wildman–Crippen LogP) is 3.24. The molecule has 4 rings (SSSR count). The molecule has 1 N–H and O–H groups in total. The number of carbonyl (C=O) groups is 2. The van der Waals surface area contributed by atoms with Crippen molar-refractivity contribution in [2.24, 2.45) is 0 Å². The van der Waals surface area contributed by atoms with Crippen LogP contribution in [0.15, 0.2) is 51.7 Å². The molecule has 2 aromatic carbocycles. The van der Waals surface area contributed by atoms with E-state index in [0.29, 0.717) is 16.9 Å². The Kier molecular flexibility index (Phi) is 3.61. The van der Waals surface area contributed by atoms with Gasteiger partial charge in [-0.25, -0.2) is 9.59 Å². The molecule has 2 heterocycles. The number of fused-ring (bicyclic) bond motifs is 3. The topological polar surface area (TPSA) is 93.8 Å². The number of carbonyl (C=O) groups excluding carboxylic acids is 1. The maximum Gasteiger partial charge on any atom is 0.336 e. The standard InChI is InChI=1S/C20H14O6/c1-10-8-16(21)26-19-13(10)6-7-15-18(19)14(9-17(22)25-15)11-2-4-12(5-3-11)20(23)24/h2-8,14H,9H2,1H3,(H,23,24)/t14-/m0/s1. The van der Waals surface area contributed by atoms with Gasteiger partial charge in [-0.1, -0.05) is 12.1 Å². The molecule has 0 aliphatic carbocycles. The molecule has 1 atom stereocenters. The van der Waals surface area contributed by atoms with E-state index in [2.05, 4.69) is 0 Å². The molecule has 1 aromatic heterocycles. The Labute approximate surface area is 147 Å². The zero-order valence-electron chi connectivity index (χ0n) is 13.8. The molecule has 6 heteroatoms. The van der Waals surface area contributed by atoms with E-state index >= 15 is 0 Å². The number of esters is 1. The van der Waals surface area contributed by atoms with Gasteiger partial charge in [-0.05, 0) is 42.3 Å². The molecule has 0 bridgehead atoms. The Balaban J connectivity index is 1.96. The van der Waals surface area contributed by atoms with Crippen molar-refractivity contribution < 1.29 is 23.8 Å². The minimum atomic E-state index is -1.02. The van der Waals surface area contributed by atoms with E-state index in [0.717, 1.165) is 16.5 Å². The van der Waals surface area contributed by atoms with Crippen molar-refractivity contribution in [2.45, 2.75) is 19.3 Å². The van der Waals surface area contributed by atoms with Gasteiger partial charge in [0.2, 0.25) is 0 Å². The largest absolute Gasteiger partial charge is 0.478 e. The number of rotatable bonds is 2. The second-order valence-electron chi connectivity index (χ2n) is 6.26. The van der Waals surface area contributed by atoms with Crippen LogP contribution in [0.5, 0.6) is 5.75 Å². The first-order valence-electron chi connectivity index (χ1n) is 8.05. The summed E-state index contributed by atoms with van der Waals surface area (Å²) in [6, 6.07) is 11.2. The lowest BCUT2D eigenvalue weighted by Gasteiger charge is -2.25. The van der Waals surface area contributed by atoms with Crippen LogP contribution in [-0.4, -0.2) is 17.0 Å². The van der Waals surface area contributed by atoms with Crippen LogP contribution in [0.4, 0.5) is 0 Å². The summed E-state index contributed by atoms with van der Waals surface area (Å²) < 4.78 is 10.8. The first-order chi connectivity index (χ1) is 12.4. The molecule has 130 valence electrons. The fourth-order valence-electron chi connectivity index (χ4n) is 3.38. The molecule has 0 amide bonds. The second-order valence-corrected chi connectivity index (χ2v) is 6.26. The third-order valence-corrected chi connectivity index (χ3v) is 4.62. The van der Waals surface area contributed by atoms with Crippen LogP contribution < -0.4 is 10.4 Å². The van der Waals surface area contributed by atoms with E-state index in [-0.39, 0.29) is 23.9 Å². The van der Waals surface area contributed by atoms with Gasteiger partial charge in [0.25, 0.3) is 0 Å². The monoisotopic (exact) mass is 350 g/mol. The molecule has 3 aromatic rings. The van der Waals surface area contributed by atoms with Crippen LogP contribution >= 0.6 is 0 Å². The molecule has 6 nitrogen and oxygen atoms in total. The maximum atomic E-state index is 12.0. The van der Waals surface area contributed by atoms with E-state index < -0.39 is 11.6 Å². The van der Waals surface area contributed by atoms with Gasteiger partial charge in [0.1, 0.15) is 11.3 Å². The first-order valence-corrected chi connectivity index (χ1v) is 8.05. The van der Waals surface area contributed by atoms with Gasteiger partial charge in [0.15, 0.2) is 0 Å². The third-order valence-electron chi connectivity index (χ3n) is 4.62. The highest BCUT2D eigenvalue weighted by Crippen LogP contribution is 2.43. The van der Waals surface area contributed by atoms with Crippen LogP contribution in [0.3, 0.4) is 0 Å². The predicted molar refractivity (Wildman–Crippen MR) is 92.7 cm³/mol. The molecule has 0 radical (unpaired) electrons. The van der Waals surface area contributed by atoms with Crippen molar-refractivity contribution in [1.29, 1.82) is 0 Å². The number of carboxylic acids is 1. The minimum Gasteiger partial charge on any atom is -0.478 e. The van der Waals surface area contributed by atoms with Gasteiger partial charge in [-0.3, -0.25) is 4.79 Å². The fourth-order valence-corrected chi connectivity index (χ4v) is 3.38. The maximum absolute atomic E-state index is 12.0. The van der Waals surface area contributed by atoms with Crippen molar-refractivity contribution in [3.8, 4) is 5.75 Å². The summed E-state index contributed by atoms with van der Waals surface area (Å²) in [4.78, 5) is 35.0. The number of ether oxygens (including phenoxy) is 1. The molecular weight excluding hydrogens is 336 g/mol. The normalized spacial score (nSPS) is 16.2. The SMILES string of the molecule is Cc1cc(=O)oc2c3c(ccc12)OC(=O)C[C@H]3c1ccc(C(=O)O)cc1. The van der Waals surface area contributed by atoms with E-state index in [1.807, 2.05) is 6.92 Å². The van der Waals surface area contributed by atoms with Gasteiger partial charge in [0.05, 0.1) is 12.0 Å². The van der Waals surface area contributed by atoms with Gasteiger partial charge in [0, 0.05) is 22.9 Å². The summed E-state index contributed by atoms with van der Waals surface area (Å²) in [5.74, 6) is -1.44. The van der Waals surface area contributed by atoms with Crippen LogP contribution in [0.2, 0.25) is 0 Å². The number of hydrogen-bond acceptors (Lipinski definition) is 5. The second kappa shape index (κ2) is 5.84. The van der Waals surface area contributed by atoms with Gasteiger partial charge >= 0.3 is 17.6 Å². The minimum absolute atomic E-state index is 0.0795. The summed E-state index contributed by atoms with van der Waals surface area (Å²) in [7, 11) is 0. The average Bonchev–Trinajstić information content (AvgIpc) is 2.60. The fraction of sp³-hybridized carbons (Fsp3) is 0.150. The third kappa shape index (κ3) is 2.56. The zero-order chi connectivity index (χ0) is 18.4. The molecular formula is C20H14O6. The van der Waals surface area contributed by atoms with Crippen LogP contribution in [-0.2, 0) is 4.79 Å². The van der Waals surface area contributed by atoms with E-state index in [4.69, 9.17) is 14.3 Å². The lowest BCUT2D eigenvalue weighted by atomic mass is 9.84. The molecule has 26 heavy (non-hydrogen) atoms.